The minimum absolute atomic E-state index is 0.180. The van der Waals surface area contributed by atoms with Crippen LogP contribution in [0.4, 0.5) is 23.0 Å². The number of nitrogens with zero attached hydrogens (tertiary/aromatic N) is 2. The van der Waals surface area contributed by atoms with Crippen LogP contribution in [0.2, 0.25) is 5.02 Å². The number of aromatic nitrogens is 2. The molecule has 0 saturated heterocycles. The maximum atomic E-state index is 9.46. The topological polar surface area (TPSA) is 90.3 Å². The molecule has 0 unspecified atom stereocenters. The van der Waals surface area contributed by atoms with Crippen LogP contribution in [0.5, 0.6) is 11.5 Å². The van der Waals surface area contributed by atoms with E-state index >= 15 is 0 Å². The van der Waals surface area contributed by atoms with Crippen LogP contribution in [0.25, 0.3) is 11.0 Å². The molecule has 0 aliphatic heterocycles. The number of aromatic hydroxyl groups is 2. The Morgan fingerprint density at radius 3 is 1.63 bits per heavy atom. The summed E-state index contributed by atoms with van der Waals surface area (Å²) in [5.41, 5.74) is 2.85. The summed E-state index contributed by atoms with van der Waals surface area (Å²) >= 11 is 6.08. The van der Waals surface area contributed by atoms with Gasteiger partial charge in [-0.05, 0) is 66.7 Å². The van der Waals surface area contributed by atoms with E-state index in [2.05, 4.69) is 20.6 Å². The van der Waals surface area contributed by atoms with Crippen molar-refractivity contribution in [1.82, 2.24) is 9.97 Å². The highest BCUT2D eigenvalue weighted by atomic mass is 35.5. The molecule has 4 rings (SSSR count). The number of hydrogen-bond donors (Lipinski definition) is 4. The van der Waals surface area contributed by atoms with Crippen molar-refractivity contribution < 1.29 is 10.2 Å². The predicted octanol–water partition coefficient (Wildman–Crippen LogP) is 5.18. The summed E-state index contributed by atoms with van der Waals surface area (Å²) in [5.74, 6) is 1.38. The van der Waals surface area contributed by atoms with E-state index in [9.17, 15) is 10.2 Å². The molecule has 0 aliphatic carbocycles. The second-order valence-corrected chi connectivity index (χ2v) is 6.33. The molecule has 3 aromatic carbocycles. The van der Waals surface area contributed by atoms with Crippen molar-refractivity contribution in [3.63, 3.8) is 0 Å². The number of rotatable bonds is 4. The van der Waals surface area contributed by atoms with Gasteiger partial charge in [-0.3, -0.25) is 0 Å². The van der Waals surface area contributed by atoms with Crippen molar-refractivity contribution in [3.8, 4) is 11.5 Å². The zero-order valence-corrected chi connectivity index (χ0v) is 14.8. The monoisotopic (exact) mass is 378 g/mol. The molecule has 4 N–H and O–H groups in total. The van der Waals surface area contributed by atoms with Gasteiger partial charge in [0.05, 0.1) is 11.0 Å². The predicted molar refractivity (Wildman–Crippen MR) is 107 cm³/mol. The number of nitrogens with one attached hydrogen (secondary N) is 2. The fourth-order valence-corrected chi connectivity index (χ4v) is 2.73. The number of phenols is 2. The van der Waals surface area contributed by atoms with E-state index in [0.29, 0.717) is 27.7 Å². The molecule has 0 aliphatic rings. The van der Waals surface area contributed by atoms with Crippen LogP contribution >= 0.6 is 11.6 Å². The molecule has 7 heteroatoms. The lowest BCUT2D eigenvalue weighted by Gasteiger charge is -2.14. The molecule has 0 spiro atoms. The van der Waals surface area contributed by atoms with E-state index in [1.54, 1.807) is 66.7 Å². The lowest BCUT2D eigenvalue weighted by molar-refractivity contribution is 0.475. The maximum Gasteiger partial charge on any atom is 0.174 e. The van der Waals surface area contributed by atoms with E-state index in [4.69, 9.17) is 11.6 Å². The van der Waals surface area contributed by atoms with Crippen LogP contribution < -0.4 is 10.6 Å². The Balaban J connectivity index is 1.77. The third kappa shape index (κ3) is 3.86. The van der Waals surface area contributed by atoms with Gasteiger partial charge in [-0.25, -0.2) is 9.97 Å². The first-order valence-electron chi connectivity index (χ1n) is 8.16. The molecule has 27 heavy (non-hydrogen) atoms. The molecule has 0 amide bonds. The number of halogens is 1. The molecule has 0 fully saturated rings. The van der Waals surface area contributed by atoms with Crippen molar-refractivity contribution in [2.75, 3.05) is 10.6 Å². The van der Waals surface area contributed by atoms with Crippen LogP contribution in [0.1, 0.15) is 0 Å². The molecule has 1 heterocycles. The minimum atomic E-state index is 0.180. The first-order chi connectivity index (χ1) is 13.1. The van der Waals surface area contributed by atoms with Crippen molar-refractivity contribution in [1.29, 1.82) is 0 Å². The van der Waals surface area contributed by atoms with E-state index in [-0.39, 0.29) is 11.5 Å². The normalized spacial score (nSPS) is 10.7. The Kier molecular flexibility index (Phi) is 4.40. The van der Waals surface area contributed by atoms with E-state index in [0.717, 1.165) is 11.4 Å². The van der Waals surface area contributed by atoms with Crippen LogP contribution in [-0.4, -0.2) is 20.2 Å². The lowest BCUT2D eigenvalue weighted by Crippen LogP contribution is -2.03. The molecule has 134 valence electrons. The standard InChI is InChI=1S/C20H15ClN4O2/c21-12-1-10-17-18(11-12)25-20(23-14-4-8-16(27)9-5-14)19(24-17)22-13-2-6-15(26)7-3-13/h1-11,26-27H,(H,22,24)(H,23,25). The average molecular weight is 379 g/mol. The van der Waals surface area contributed by atoms with E-state index in [1.807, 2.05) is 0 Å². The summed E-state index contributed by atoms with van der Waals surface area (Å²) in [6, 6.07) is 18.6. The maximum absolute atomic E-state index is 9.46. The Hall–Kier alpha value is -3.51. The van der Waals surface area contributed by atoms with Crippen molar-refractivity contribution in [3.05, 3.63) is 71.8 Å². The summed E-state index contributed by atoms with van der Waals surface area (Å²) in [6.45, 7) is 0. The number of anilines is 4. The van der Waals surface area contributed by atoms with E-state index < -0.39 is 0 Å². The van der Waals surface area contributed by atoms with Crippen molar-refractivity contribution >= 4 is 45.6 Å². The highest BCUT2D eigenvalue weighted by molar-refractivity contribution is 6.31. The summed E-state index contributed by atoms with van der Waals surface area (Å²) in [5, 5.41) is 25.9. The smallest absolute Gasteiger partial charge is 0.174 e. The fraction of sp³-hybridized carbons (Fsp3) is 0. The zero-order valence-electron chi connectivity index (χ0n) is 14.0. The second-order valence-electron chi connectivity index (χ2n) is 5.90. The minimum Gasteiger partial charge on any atom is -0.508 e. The molecule has 0 bridgehead atoms. The first kappa shape index (κ1) is 16.9. The SMILES string of the molecule is Oc1ccc(Nc2nc3ccc(Cl)cc3nc2Nc2ccc(O)cc2)cc1. The summed E-state index contributed by atoms with van der Waals surface area (Å²) in [4.78, 5) is 9.28. The van der Waals surface area contributed by atoms with Crippen molar-refractivity contribution in [2.45, 2.75) is 0 Å². The van der Waals surface area contributed by atoms with Gasteiger partial charge in [0.15, 0.2) is 11.6 Å². The quantitative estimate of drug-likeness (QED) is 0.366. The number of hydrogen-bond acceptors (Lipinski definition) is 6. The number of phenolic OH excluding ortho intramolecular Hbond substituents is 2. The lowest BCUT2D eigenvalue weighted by atomic mass is 10.2. The Morgan fingerprint density at radius 2 is 1.11 bits per heavy atom. The van der Waals surface area contributed by atoms with E-state index in [1.165, 1.54) is 0 Å². The van der Waals surface area contributed by atoms with Crippen molar-refractivity contribution in [2.24, 2.45) is 0 Å². The third-order valence-electron chi connectivity index (χ3n) is 3.89. The van der Waals surface area contributed by atoms with Gasteiger partial charge in [0.2, 0.25) is 0 Å². The fourth-order valence-electron chi connectivity index (χ4n) is 2.56. The molecule has 6 nitrogen and oxygen atoms in total. The molecule has 1 aromatic heterocycles. The van der Waals surface area contributed by atoms with Gasteiger partial charge < -0.3 is 20.8 Å². The Labute approximate surface area is 160 Å². The number of fused-ring (bicyclic) bond motifs is 1. The molecular weight excluding hydrogens is 364 g/mol. The zero-order chi connectivity index (χ0) is 18.8. The van der Waals surface area contributed by atoms with Crippen LogP contribution in [0.3, 0.4) is 0 Å². The Morgan fingerprint density at radius 1 is 0.630 bits per heavy atom. The molecule has 0 radical (unpaired) electrons. The Bertz CT molecular complexity index is 1100. The van der Waals surface area contributed by atoms with Crippen LogP contribution in [0, 0.1) is 0 Å². The van der Waals surface area contributed by atoms with Crippen LogP contribution in [0.15, 0.2) is 66.7 Å². The molecular formula is C20H15ClN4O2. The summed E-state index contributed by atoms with van der Waals surface area (Å²) in [7, 11) is 0. The third-order valence-corrected chi connectivity index (χ3v) is 4.12. The molecule has 0 atom stereocenters. The van der Waals surface area contributed by atoms with Gasteiger partial charge in [-0.2, -0.15) is 0 Å². The summed E-state index contributed by atoms with van der Waals surface area (Å²) < 4.78 is 0. The van der Waals surface area contributed by atoms with Gasteiger partial charge in [-0.15, -0.1) is 0 Å². The molecule has 0 saturated carbocycles. The van der Waals surface area contributed by atoms with Gasteiger partial charge in [0, 0.05) is 16.4 Å². The molecule has 4 aromatic rings. The van der Waals surface area contributed by atoms with Crippen LogP contribution in [-0.2, 0) is 0 Å². The average Bonchev–Trinajstić information content (AvgIpc) is 2.66. The summed E-state index contributed by atoms with van der Waals surface area (Å²) in [6.07, 6.45) is 0. The highest BCUT2D eigenvalue weighted by Gasteiger charge is 2.11. The van der Waals surface area contributed by atoms with Gasteiger partial charge >= 0.3 is 0 Å². The second kappa shape index (κ2) is 7.01. The van der Waals surface area contributed by atoms with Gasteiger partial charge in [0.25, 0.3) is 0 Å². The first-order valence-corrected chi connectivity index (χ1v) is 8.54. The van der Waals surface area contributed by atoms with Gasteiger partial charge in [0.1, 0.15) is 11.5 Å². The highest BCUT2D eigenvalue weighted by Crippen LogP contribution is 2.29. The van der Waals surface area contributed by atoms with Gasteiger partial charge in [-0.1, -0.05) is 11.6 Å². The number of benzene rings is 3. The largest absolute Gasteiger partial charge is 0.508 e.